The van der Waals surface area contributed by atoms with Gasteiger partial charge in [0.2, 0.25) is 0 Å². The van der Waals surface area contributed by atoms with E-state index in [1.807, 2.05) is 31.2 Å². The Morgan fingerprint density at radius 3 is 2.67 bits per heavy atom. The molecule has 2 aromatic rings. The molecule has 1 heterocycles. The molecule has 0 aliphatic rings. The van der Waals surface area contributed by atoms with Crippen LogP contribution in [0.5, 0.6) is 0 Å². The molecule has 2 rings (SSSR count). The molecule has 0 aliphatic carbocycles. The van der Waals surface area contributed by atoms with Crippen molar-refractivity contribution in [1.29, 1.82) is 0 Å². The highest BCUT2D eigenvalue weighted by molar-refractivity contribution is 5.73. The van der Waals surface area contributed by atoms with Crippen LogP contribution in [-0.4, -0.2) is 21.3 Å². The number of nitrogens with zero attached hydrogens (tertiary/aromatic N) is 3. The molecular weight excluding hydrogens is 226 g/mol. The minimum Gasteiger partial charge on any atom is -0.296 e. The van der Waals surface area contributed by atoms with E-state index in [1.54, 1.807) is 4.68 Å². The summed E-state index contributed by atoms with van der Waals surface area (Å²) < 4.78 is 1.78. The predicted octanol–water partition coefficient (Wildman–Crippen LogP) is 2.59. The zero-order chi connectivity index (χ0) is 13.1. The van der Waals surface area contributed by atoms with Crippen molar-refractivity contribution in [3.8, 4) is 5.69 Å². The molecule has 4 nitrogen and oxygen atoms in total. The van der Waals surface area contributed by atoms with Crippen molar-refractivity contribution >= 4 is 6.29 Å². The second-order valence-corrected chi connectivity index (χ2v) is 4.84. The Hall–Kier alpha value is -1.97. The molecule has 0 amide bonds. The van der Waals surface area contributed by atoms with E-state index in [4.69, 9.17) is 0 Å². The molecule has 0 fully saturated rings. The molecule has 1 aromatic carbocycles. The monoisotopic (exact) mass is 243 g/mol. The van der Waals surface area contributed by atoms with Crippen LogP contribution in [-0.2, 0) is 6.42 Å². The van der Waals surface area contributed by atoms with Gasteiger partial charge in [-0.15, -0.1) is 5.10 Å². The highest BCUT2D eigenvalue weighted by Crippen LogP contribution is 2.18. The highest BCUT2D eigenvalue weighted by Gasteiger charge is 2.15. The molecule has 1 aromatic heterocycles. The first kappa shape index (κ1) is 12.5. The van der Waals surface area contributed by atoms with Crippen molar-refractivity contribution in [1.82, 2.24) is 15.0 Å². The van der Waals surface area contributed by atoms with Gasteiger partial charge in [0.05, 0.1) is 11.4 Å². The second kappa shape index (κ2) is 5.12. The Bertz CT molecular complexity index is 558. The van der Waals surface area contributed by atoms with E-state index in [1.165, 1.54) is 0 Å². The number of carbonyl (C=O) groups excluding carboxylic acids is 1. The average Bonchev–Trinajstić information content (AvgIpc) is 2.72. The number of para-hydroxylation sites is 1. The molecule has 0 saturated carbocycles. The number of aryl methyl sites for hydroxylation is 1. The summed E-state index contributed by atoms with van der Waals surface area (Å²) in [5.41, 5.74) is 3.42. The fourth-order valence-electron chi connectivity index (χ4n) is 1.98. The lowest BCUT2D eigenvalue weighted by atomic mass is 10.1. The van der Waals surface area contributed by atoms with Gasteiger partial charge in [-0.05, 0) is 30.9 Å². The lowest BCUT2D eigenvalue weighted by Gasteiger charge is -2.10. The Morgan fingerprint density at radius 2 is 2.06 bits per heavy atom. The van der Waals surface area contributed by atoms with Gasteiger partial charge in [0.15, 0.2) is 6.29 Å². The first-order valence-corrected chi connectivity index (χ1v) is 6.09. The van der Waals surface area contributed by atoms with Crippen molar-refractivity contribution in [3.05, 3.63) is 41.2 Å². The van der Waals surface area contributed by atoms with Crippen molar-refractivity contribution in [2.45, 2.75) is 27.2 Å². The number of aromatic nitrogens is 3. The van der Waals surface area contributed by atoms with Crippen molar-refractivity contribution in [2.24, 2.45) is 5.92 Å². The van der Waals surface area contributed by atoms with E-state index in [-0.39, 0.29) is 0 Å². The summed E-state index contributed by atoms with van der Waals surface area (Å²) in [4.78, 5) is 11.0. The summed E-state index contributed by atoms with van der Waals surface area (Å²) in [5.74, 6) is 0.449. The topological polar surface area (TPSA) is 47.8 Å². The van der Waals surface area contributed by atoms with E-state index >= 15 is 0 Å². The normalized spacial score (nSPS) is 10.9. The molecule has 18 heavy (non-hydrogen) atoms. The van der Waals surface area contributed by atoms with Crippen LogP contribution in [0.2, 0.25) is 0 Å². The minimum atomic E-state index is 0.437. The Labute approximate surface area is 107 Å². The number of carbonyl (C=O) groups is 1. The Kier molecular flexibility index (Phi) is 3.55. The number of benzene rings is 1. The molecule has 0 bridgehead atoms. The number of aldehydes is 1. The number of hydrogen-bond acceptors (Lipinski definition) is 3. The zero-order valence-corrected chi connectivity index (χ0v) is 10.9. The van der Waals surface area contributed by atoms with Crippen LogP contribution in [0.4, 0.5) is 0 Å². The third-order valence-corrected chi connectivity index (χ3v) is 2.85. The SMILES string of the molecule is Cc1ccccc1-n1nnc(C=O)c1CC(C)C. The summed E-state index contributed by atoms with van der Waals surface area (Å²) in [5, 5.41) is 8.06. The highest BCUT2D eigenvalue weighted by atomic mass is 16.1. The van der Waals surface area contributed by atoms with Crippen LogP contribution in [0, 0.1) is 12.8 Å². The van der Waals surface area contributed by atoms with Gasteiger partial charge in [0.25, 0.3) is 0 Å². The maximum Gasteiger partial charge on any atom is 0.172 e. The number of hydrogen-bond donors (Lipinski definition) is 0. The van der Waals surface area contributed by atoms with Crippen molar-refractivity contribution < 1.29 is 4.79 Å². The minimum absolute atomic E-state index is 0.437. The van der Waals surface area contributed by atoms with E-state index in [0.29, 0.717) is 11.6 Å². The van der Waals surface area contributed by atoms with Crippen molar-refractivity contribution in [3.63, 3.8) is 0 Å². The molecule has 0 atom stereocenters. The third-order valence-electron chi connectivity index (χ3n) is 2.85. The molecule has 0 spiro atoms. The molecule has 94 valence electrons. The molecular formula is C14H17N3O. The predicted molar refractivity (Wildman–Crippen MR) is 70.0 cm³/mol. The van der Waals surface area contributed by atoms with Gasteiger partial charge in [0, 0.05) is 0 Å². The van der Waals surface area contributed by atoms with Crippen LogP contribution in [0.1, 0.15) is 35.6 Å². The molecule has 0 N–H and O–H groups in total. The van der Waals surface area contributed by atoms with Gasteiger partial charge in [-0.3, -0.25) is 4.79 Å². The zero-order valence-electron chi connectivity index (χ0n) is 10.9. The van der Waals surface area contributed by atoms with Gasteiger partial charge < -0.3 is 0 Å². The lowest BCUT2D eigenvalue weighted by Crippen LogP contribution is -2.08. The third kappa shape index (κ3) is 2.32. The maximum atomic E-state index is 11.0. The van der Waals surface area contributed by atoms with Gasteiger partial charge in [-0.25, -0.2) is 4.68 Å². The van der Waals surface area contributed by atoms with Gasteiger partial charge in [-0.1, -0.05) is 37.3 Å². The van der Waals surface area contributed by atoms with Crippen molar-refractivity contribution in [2.75, 3.05) is 0 Å². The Morgan fingerprint density at radius 1 is 1.33 bits per heavy atom. The fourth-order valence-corrected chi connectivity index (χ4v) is 1.98. The smallest absolute Gasteiger partial charge is 0.172 e. The van der Waals surface area contributed by atoms with Crippen LogP contribution in [0.15, 0.2) is 24.3 Å². The summed E-state index contributed by atoms with van der Waals surface area (Å²) in [6, 6.07) is 7.96. The summed E-state index contributed by atoms with van der Waals surface area (Å²) >= 11 is 0. The van der Waals surface area contributed by atoms with E-state index in [9.17, 15) is 4.79 Å². The molecule has 0 radical (unpaired) electrons. The second-order valence-electron chi connectivity index (χ2n) is 4.84. The van der Waals surface area contributed by atoms with Crippen LogP contribution in [0.25, 0.3) is 5.69 Å². The summed E-state index contributed by atoms with van der Waals surface area (Å²) in [6.07, 6.45) is 1.56. The molecule has 0 unspecified atom stereocenters. The van der Waals surface area contributed by atoms with E-state index < -0.39 is 0 Å². The number of rotatable bonds is 4. The van der Waals surface area contributed by atoms with Crippen LogP contribution < -0.4 is 0 Å². The summed E-state index contributed by atoms with van der Waals surface area (Å²) in [6.45, 7) is 6.25. The Balaban J connectivity index is 2.54. The van der Waals surface area contributed by atoms with E-state index in [0.717, 1.165) is 29.7 Å². The largest absolute Gasteiger partial charge is 0.296 e. The summed E-state index contributed by atoms with van der Waals surface area (Å²) in [7, 11) is 0. The first-order valence-electron chi connectivity index (χ1n) is 6.09. The van der Waals surface area contributed by atoms with Crippen LogP contribution in [0.3, 0.4) is 0 Å². The van der Waals surface area contributed by atoms with Gasteiger partial charge in [-0.2, -0.15) is 0 Å². The first-order chi connectivity index (χ1) is 8.63. The lowest BCUT2D eigenvalue weighted by molar-refractivity contribution is 0.111. The fraction of sp³-hybridized carbons (Fsp3) is 0.357. The van der Waals surface area contributed by atoms with Gasteiger partial charge >= 0.3 is 0 Å². The standard InChI is InChI=1S/C14H17N3O/c1-10(2)8-14-12(9-18)15-16-17(14)13-7-5-4-6-11(13)3/h4-7,9-10H,8H2,1-3H3. The molecule has 4 heteroatoms. The maximum absolute atomic E-state index is 11.0. The molecule has 0 saturated heterocycles. The van der Waals surface area contributed by atoms with E-state index in [2.05, 4.69) is 24.2 Å². The van der Waals surface area contributed by atoms with Crippen LogP contribution >= 0.6 is 0 Å². The molecule has 0 aliphatic heterocycles. The van der Waals surface area contributed by atoms with Gasteiger partial charge in [0.1, 0.15) is 5.69 Å². The average molecular weight is 243 g/mol. The quantitative estimate of drug-likeness (QED) is 0.775.